The minimum absolute atomic E-state index is 0.0168. The first-order chi connectivity index (χ1) is 14.9. The summed E-state index contributed by atoms with van der Waals surface area (Å²) in [5.74, 6) is 0.151. The Labute approximate surface area is 180 Å². The van der Waals surface area contributed by atoms with Gasteiger partial charge in [0.1, 0.15) is 6.54 Å². The molecule has 0 aliphatic carbocycles. The number of hydrogen-bond donors (Lipinski definition) is 2. The van der Waals surface area contributed by atoms with Crippen molar-refractivity contribution >= 4 is 29.0 Å². The van der Waals surface area contributed by atoms with E-state index in [2.05, 4.69) is 15.3 Å². The van der Waals surface area contributed by atoms with Crippen molar-refractivity contribution < 1.29 is 19.4 Å². The summed E-state index contributed by atoms with van der Waals surface area (Å²) in [6, 6.07) is 9.60. The molecule has 11 heteroatoms. The minimum Gasteiger partial charge on any atom is -0.493 e. The number of nitrogens with zero attached hydrogens (tertiary/aromatic N) is 4. The van der Waals surface area contributed by atoms with Crippen molar-refractivity contribution in [1.29, 1.82) is 0 Å². The van der Waals surface area contributed by atoms with Gasteiger partial charge in [0.2, 0.25) is 0 Å². The number of hydrogen-bond acceptors (Lipinski definition) is 7. The summed E-state index contributed by atoms with van der Waals surface area (Å²) in [7, 11) is 2.96. The number of aromatic nitrogens is 5. The van der Waals surface area contributed by atoms with Crippen LogP contribution in [-0.2, 0) is 6.54 Å². The van der Waals surface area contributed by atoms with E-state index in [1.807, 2.05) is 0 Å². The zero-order chi connectivity index (χ0) is 22.1. The third kappa shape index (κ3) is 3.55. The quantitative estimate of drug-likeness (QED) is 0.439. The van der Waals surface area contributed by atoms with E-state index in [0.29, 0.717) is 38.6 Å². The van der Waals surface area contributed by atoms with Crippen LogP contribution in [0, 0.1) is 4.77 Å². The van der Waals surface area contributed by atoms with Gasteiger partial charge in [0.25, 0.3) is 5.56 Å². The van der Waals surface area contributed by atoms with Crippen molar-refractivity contribution in [3.8, 4) is 17.2 Å². The van der Waals surface area contributed by atoms with E-state index >= 15 is 0 Å². The molecule has 0 aliphatic heterocycles. The molecular weight excluding hydrogens is 422 g/mol. The van der Waals surface area contributed by atoms with Crippen LogP contribution in [0.3, 0.4) is 0 Å². The van der Waals surface area contributed by atoms with Gasteiger partial charge in [-0.1, -0.05) is 0 Å². The Hall–Kier alpha value is -3.99. The topological polar surface area (TPSA) is 124 Å². The van der Waals surface area contributed by atoms with Crippen LogP contribution < -0.4 is 15.0 Å². The van der Waals surface area contributed by atoms with E-state index in [1.165, 1.54) is 31.0 Å². The van der Waals surface area contributed by atoms with Gasteiger partial charge in [0, 0.05) is 11.1 Å². The highest BCUT2D eigenvalue weighted by atomic mass is 32.1. The summed E-state index contributed by atoms with van der Waals surface area (Å²) in [6.45, 7) is 0.0168. The molecule has 0 unspecified atom stereocenters. The molecule has 0 aliphatic rings. The smallest absolute Gasteiger partial charge is 0.335 e. The van der Waals surface area contributed by atoms with Gasteiger partial charge in [0.15, 0.2) is 22.1 Å². The predicted molar refractivity (Wildman–Crippen MR) is 114 cm³/mol. The predicted octanol–water partition coefficient (Wildman–Crippen LogP) is 2.40. The minimum atomic E-state index is -1.03. The lowest BCUT2D eigenvalue weighted by Crippen LogP contribution is -2.25. The number of benzene rings is 2. The lowest BCUT2D eigenvalue weighted by atomic mass is 10.1. The van der Waals surface area contributed by atoms with E-state index in [1.54, 1.807) is 35.0 Å². The molecule has 2 heterocycles. The molecule has 0 amide bonds. The number of fused-ring (bicyclic) bond motifs is 1. The second-order valence-corrected chi connectivity index (χ2v) is 6.89. The summed E-state index contributed by atoms with van der Waals surface area (Å²) in [6.07, 6.45) is 1.56. The van der Waals surface area contributed by atoms with Gasteiger partial charge in [-0.25, -0.2) is 9.48 Å². The molecule has 31 heavy (non-hydrogen) atoms. The molecular formula is C20H17N5O5S. The van der Waals surface area contributed by atoms with Crippen molar-refractivity contribution in [2.45, 2.75) is 6.54 Å². The fraction of sp³-hybridized carbons (Fsp3) is 0.150. The fourth-order valence-electron chi connectivity index (χ4n) is 3.29. The molecule has 4 rings (SSSR count). The van der Waals surface area contributed by atoms with E-state index in [0.717, 1.165) is 0 Å². The molecule has 0 saturated heterocycles. The Kier molecular flexibility index (Phi) is 5.26. The summed E-state index contributed by atoms with van der Waals surface area (Å²) in [5, 5.41) is 21.2. The maximum Gasteiger partial charge on any atom is 0.335 e. The van der Waals surface area contributed by atoms with Crippen LogP contribution in [0.5, 0.6) is 11.5 Å². The van der Waals surface area contributed by atoms with Crippen LogP contribution in [-0.4, -0.2) is 49.8 Å². The molecule has 2 aromatic heterocycles. The summed E-state index contributed by atoms with van der Waals surface area (Å²) in [5.41, 5.74) is 0.371. The Morgan fingerprint density at radius 1 is 1.16 bits per heavy atom. The van der Waals surface area contributed by atoms with Crippen molar-refractivity contribution in [2.75, 3.05) is 14.2 Å². The molecule has 158 valence electrons. The molecule has 2 aromatic carbocycles. The third-order valence-corrected chi connectivity index (χ3v) is 5.04. The van der Waals surface area contributed by atoms with Crippen LogP contribution in [0.2, 0.25) is 0 Å². The molecule has 2 N–H and O–H groups in total. The highest BCUT2D eigenvalue weighted by molar-refractivity contribution is 7.71. The monoisotopic (exact) mass is 439 g/mol. The average molecular weight is 439 g/mol. The lowest BCUT2D eigenvalue weighted by Gasteiger charge is -2.12. The number of ether oxygens (including phenoxy) is 2. The van der Waals surface area contributed by atoms with Gasteiger partial charge >= 0.3 is 5.97 Å². The van der Waals surface area contributed by atoms with Crippen LogP contribution in [0.4, 0.5) is 0 Å². The highest BCUT2D eigenvalue weighted by Crippen LogP contribution is 2.32. The first-order valence-corrected chi connectivity index (χ1v) is 9.46. The zero-order valence-corrected chi connectivity index (χ0v) is 17.3. The fourth-order valence-corrected chi connectivity index (χ4v) is 3.54. The zero-order valence-electron chi connectivity index (χ0n) is 16.5. The molecule has 0 spiro atoms. The maximum absolute atomic E-state index is 13.2. The van der Waals surface area contributed by atoms with Crippen molar-refractivity contribution in [3.63, 3.8) is 0 Å². The second-order valence-electron chi connectivity index (χ2n) is 6.51. The van der Waals surface area contributed by atoms with Gasteiger partial charge in [-0.2, -0.15) is 10.2 Å². The molecule has 0 radical (unpaired) electrons. The first kappa shape index (κ1) is 20.3. The van der Waals surface area contributed by atoms with Gasteiger partial charge in [0.05, 0.1) is 31.4 Å². The summed E-state index contributed by atoms with van der Waals surface area (Å²) >= 11 is 5.32. The van der Waals surface area contributed by atoms with Crippen LogP contribution >= 0.6 is 12.2 Å². The standard InChI is InChI=1S/C20H17N5O5S/c1-29-14-8-5-12-9-21-24(18(26)16(12)17(14)30-2)10-15-22-23-20(31)25(15)13-6-3-11(4-7-13)19(27)28/h3-9H,10H2,1-2H3,(H,23,31)(H,27,28). The number of carboxylic acids is 1. The van der Waals surface area contributed by atoms with Crippen molar-refractivity contribution in [3.05, 3.63) is 69.1 Å². The summed E-state index contributed by atoms with van der Waals surface area (Å²) in [4.78, 5) is 24.3. The normalized spacial score (nSPS) is 10.9. The molecule has 0 fully saturated rings. The van der Waals surface area contributed by atoms with E-state index in [-0.39, 0.29) is 17.7 Å². The molecule has 4 aromatic rings. The Bertz CT molecular complexity index is 1400. The largest absolute Gasteiger partial charge is 0.493 e. The molecule has 0 saturated carbocycles. The van der Waals surface area contributed by atoms with Crippen LogP contribution in [0.25, 0.3) is 16.5 Å². The van der Waals surface area contributed by atoms with E-state index < -0.39 is 5.97 Å². The number of aromatic amines is 1. The van der Waals surface area contributed by atoms with E-state index in [4.69, 9.17) is 26.8 Å². The van der Waals surface area contributed by atoms with Crippen molar-refractivity contribution in [2.24, 2.45) is 0 Å². The number of carboxylic acid groups (broad SMARTS) is 1. The Morgan fingerprint density at radius 3 is 2.55 bits per heavy atom. The molecule has 0 bridgehead atoms. The number of methoxy groups -OCH3 is 2. The van der Waals surface area contributed by atoms with Gasteiger partial charge in [-0.3, -0.25) is 14.5 Å². The van der Waals surface area contributed by atoms with Crippen LogP contribution in [0.1, 0.15) is 16.2 Å². The highest BCUT2D eigenvalue weighted by Gasteiger charge is 2.17. The van der Waals surface area contributed by atoms with Gasteiger partial charge in [-0.05, 0) is 48.6 Å². The Balaban J connectivity index is 1.81. The number of aromatic carboxylic acids is 1. The second kappa shape index (κ2) is 8.03. The van der Waals surface area contributed by atoms with Crippen LogP contribution in [0.15, 0.2) is 47.4 Å². The summed E-state index contributed by atoms with van der Waals surface area (Å²) < 4.78 is 13.9. The number of nitrogens with one attached hydrogen (secondary N) is 1. The number of rotatable bonds is 6. The average Bonchev–Trinajstić information content (AvgIpc) is 3.14. The van der Waals surface area contributed by atoms with Gasteiger partial charge in [-0.15, -0.1) is 0 Å². The molecule has 0 atom stereocenters. The molecule has 10 nitrogen and oxygen atoms in total. The number of carbonyl (C=O) groups is 1. The maximum atomic E-state index is 13.2. The lowest BCUT2D eigenvalue weighted by molar-refractivity contribution is 0.0697. The Morgan fingerprint density at radius 2 is 1.90 bits per heavy atom. The number of H-pyrrole nitrogens is 1. The third-order valence-electron chi connectivity index (χ3n) is 4.77. The first-order valence-electron chi connectivity index (χ1n) is 9.05. The van der Waals surface area contributed by atoms with E-state index in [9.17, 15) is 9.59 Å². The van der Waals surface area contributed by atoms with Crippen molar-refractivity contribution in [1.82, 2.24) is 24.5 Å². The van der Waals surface area contributed by atoms with Gasteiger partial charge < -0.3 is 14.6 Å². The SMILES string of the molecule is COc1ccc2cnn(Cc3n[nH]c(=S)n3-c3ccc(C(=O)O)cc3)c(=O)c2c1OC.